The summed E-state index contributed by atoms with van der Waals surface area (Å²) in [5.41, 5.74) is 2.42. The molecule has 0 unspecified atom stereocenters. The quantitative estimate of drug-likeness (QED) is 0.871. The number of piperidine rings is 1. The molecule has 0 atom stereocenters. The van der Waals surface area contributed by atoms with Crippen molar-refractivity contribution in [3.8, 4) is 5.75 Å². The van der Waals surface area contributed by atoms with Crippen LogP contribution >= 0.6 is 0 Å². The molecule has 1 aromatic carbocycles. The molecule has 2 aromatic rings. The van der Waals surface area contributed by atoms with E-state index in [2.05, 4.69) is 16.1 Å². The van der Waals surface area contributed by atoms with Crippen molar-refractivity contribution in [2.24, 2.45) is 0 Å². The normalized spacial score (nSPS) is 17.3. The molecule has 2 N–H and O–H groups in total. The molecule has 1 aliphatic rings. The summed E-state index contributed by atoms with van der Waals surface area (Å²) >= 11 is 0. The Labute approximate surface area is 107 Å². The number of phenolic OH excluding ortho intramolecular Hbond substituents is 1. The second-order valence-electron chi connectivity index (χ2n) is 5.20. The van der Waals surface area contributed by atoms with E-state index in [1.54, 1.807) is 6.07 Å². The molecule has 3 rings (SSSR count). The minimum absolute atomic E-state index is 0.348. The van der Waals surface area contributed by atoms with Crippen molar-refractivity contribution >= 4 is 10.9 Å². The fraction of sp³-hybridized carbons (Fsp3) is 0.467. The largest absolute Gasteiger partial charge is 0.508 e. The van der Waals surface area contributed by atoms with E-state index in [1.807, 2.05) is 12.1 Å². The fourth-order valence-electron chi connectivity index (χ4n) is 2.83. The molecule has 0 bridgehead atoms. The van der Waals surface area contributed by atoms with Gasteiger partial charge in [0.15, 0.2) is 0 Å². The summed E-state index contributed by atoms with van der Waals surface area (Å²) in [5, 5.41) is 10.7. The van der Waals surface area contributed by atoms with E-state index in [-0.39, 0.29) is 0 Å². The fourth-order valence-corrected chi connectivity index (χ4v) is 2.83. The lowest BCUT2D eigenvalue weighted by molar-refractivity contribution is 0.231. The molecular formula is C15H20N2O. The van der Waals surface area contributed by atoms with Crippen LogP contribution in [0.15, 0.2) is 24.4 Å². The van der Waals surface area contributed by atoms with E-state index >= 15 is 0 Å². The zero-order valence-electron chi connectivity index (χ0n) is 10.7. The molecule has 1 fully saturated rings. The molecule has 1 aromatic heterocycles. The Bertz CT molecular complexity index is 526. The molecule has 0 radical (unpaired) electrons. The molecule has 18 heavy (non-hydrogen) atoms. The van der Waals surface area contributed by atoms with Crippen LogP contribution in [-0.4, -0.2) is 34.6 Å². The van der Waals surface area contributed by atoms with E-state index < -0.39 is 0 Å². The summed E-state index contributed by atoms with van der Waals surface area (Å²) in [6.07, 6.45) is 7.21. The first-order valence-electron chi connectivity index (χ1n) is 6.84. The number of likely N-dealkylation sites (tertiary alicyclic amines) is 1. The Kier molecular flexibility index (Phi) is 3.24. The Hall–Kier alpha value is -1.48. The lowest BCUT2D eigenvalue weighted by atomic mass is 10.1. The highest BCUT2D eigenvalue weighted by atomic mass is 16.3. The van der Waals surface area contributed by atoms with Crippen LogP contribution in [0, 0.1) is 0 Å². The van der Waals surface area contributed by atoms with Gasteiger partial charge in [0.1, 0.15) is 5.75 Å². The lowest BCUT2D eigenvalue weighted by Gasteiger charge is -2.26. The number of benzene rings is 1. The summed E-state index contributed by atoms with van der Waals surface area (Å²) < 4.78 is 0. The van der Waals surface area contributed by atoms with Gasteiger partial charge in [-0.1, -0.05) is 6.42 Å². The standard InChI is InChI=1S/C15H20N2O/c18-13-4-5-15-14(10-13)12(11-16-15)6-9-17-7-2-1-3-8-17/h4-5,10-11,16,18H,1-3,6-9H2. The number of nitrogens with one attached hydrogen (secondary N) is 1. The van der Waals surface area contributed by atoms with Crippen molar-refractivity contribution in [1.82, 2.24) is 9.88 Å². The molecule has 1 aliphatic heterocycles. The Morgan fingerprint density at radius 1 is 1.17 bits per heavy atom. The van der Waals surface area contributed by atoms with Gasteiger partial charge in [-0.15, -0.1) is 0 Å². The number of aromatic hydroxyl groups is 1. The van der Waals surface area contributed by atoms with Crippen molar-refractivity contribution in [3.05, 3.63) is 30.0 Å². The van der Waals surface area contributed by atoms with Crippen LogP contribution in [0.3, 0.4) is 0 Å². The highest BCUT2D eigenvalue weighted by Crippen LogP contribution is 2.23. The van der Waals surface area contributed by atoms with Gasteiger partial charge in [-0.05, 0) is 56.1 Å². The average molecular weight is 244 g/mol. The number of aromatic amines is 1. The summed E-state index contributed by atoms with van der Waals surface area (Å²) in [6.45, 7) is 3.61. The highest BCUT2D eigenvalue weighted by molar-refractivity contribution is 5.84. The van der Waals surface area contributed by atoms with E-state index in [9.17, 15) is 5.11 Å². The molecular weight excluding hydrogens is 224 g/mol. The Balaban J connectivity index is 1.72. The van der Waals surface area contributed by atoms with Crippen molar-refractivity contribution < 1.29 is 5.11 Å². The smallest absolute Gasteiger partial charge is 0.116 e. The molecule has 0 amide bonds. The van der Waals surface area contributed by atoms with Gasteiger partial charge in [-0.25, -0.2) is 0 Å². The first-order chi connectivity index (χ1) is 8.83. The summed E-state index contributed by atoms with van der Waals surface area (Å²) in [5.74, 6) is 0.348. The van der Waals surface area contributed by atoms with Crippen LogP contribution in [0.5, 0.6) is 5.75 Å². The Morgan fingerprint density at radius 3 is 2.83 bits per heavy atom. The second kappa shape index (κ2) is 5.02. The van der Waals surface area contributed by atoms with Gasteiger partial charge in [0.2, 0.25) is 0 Å². The van der Waals surface area contributed by atoms with Gasteiger partial charge < -0.3 is 15.0 Å². The number of phenols is 1. The van der Waals surface area contributed by atoms with Crippen LogP contribution < -0.4 is 0 Å². The average Bonchev–Trinajstić information content (AvgIpc) is 2.80. The van der Waals surface area contributed by atoms with Crippen LogP contribution in [0.25, 0.3) is 10.9 Å². The number of fused-ring (bicyclic) bond motifs is 1. The van der Waals surface area contributed by atoms with Gasteiger partial charge in [-0.2, -0.15) is 0 Å². The Morgan fingerprint density at radius 2 is 2.00 bits per heavy atom. The molecule has 0 aliphatic carbocycles. The molecule has 96 valence electrons. The van der Waals surface area contributed by atoms with Gasteiger partial charge in [0.05, 0.1) is 0 Å². The van der Waals surface area contributed by atoms with E-state index in [0.29, 0.717) is 5.75 Å². The third-order valence-electron chi connectivity index (χ3n) is 3.90. The van der Waals surface area contributed by atoms with E-state index in [0.717, 1.165) is 23.9 Å². The summed E-state index contributed by atoms with van der Waals surface area (Å²) in [6, 6.07) is 5.53. The molecule has 0 saturated carbocycles. The number of hydrogen-bond donors (Lipinski definition) is 2. The molecule has 2 heterocycles. The number of nitrogens with zero attached hydrogens (tertiary/aromatic N) is 1. The van der Waals surface area contributed by atoms with Crippen LogP contribution in [0.4, 0.5) is 0 Å². The zero-order chi connectivity index (χ0) is 12.4. The van der Waals surface area contributed by atoms with Crippen LogP contribution in [0.2, 0.25) is 0 Å². The third kappa shape index (κ3) is 2.36. The van der Waals surface area contributed by atoms with Crippen molar-refractivity contribution in [2.75, 3.05) is 19.6 Å². The minimum atomic E-state index is 0.348. The first-order valence-corrected chi connectivity index (χ1v) is 6.84. The molecule has 1 saturated heterocycles. The maximum atomic E-state index is 9.57. The van der Waals surface area contributed by atoms with Gasteiger partial charge in [-0.3, -0.25) is 0 Å². The predicted molar refractivity (Wildman–Crippen MR) is 74.0 cm³/mol. The van der Waals surface area contributed by atoms with E-state index in [1.165, 1.54) is 37.9 Å². The number of hydrogen-bond acceptors (Lipinski definition) is 2. The van der Waals surface area contributed by atoms with Crippen molar-refractivity contribution in [2.45, 2.75) is 25.7 Å². The van der Waals surface area contributed by atoms with Gasteiger partial charge in [0.25, 0.3) is 0 Å². The van der Waals surface area contributed by atoms with Crippen molar-refractivity contribution in [1.29, 1.82) is 0 Å². The maximum absolute atomic E-state index is 9.57. The highest BCUT2D eigenvalue weighted by Gasteiger charge is 2.11. The summed E-state index contributed by atoms with van der Waals surface area (Å²) in [4.78, 5) is 5.82. The van der Waals surface area contributed by atoms with Crippen molar-refractivity contribution in [3.63, 3.8) is 0 Å². The lowest BCUT2D eigenvalue weighted by Crippen LogP contribution is -2.31. The van der Waals surface area contributed by atoms with Gasteiger partial charge in [0, 0.05) is 23.6 Å². The minimum Gasteiger partial charge on any atom is -0.508 e. The zero-order valence-corrected chi connectivity index (χ0v) is 10.7. The molecule has 3 heteroatoms. The summed E-state index contributed by atoms with van der Waals surface area (Å²) in [7, 11) is 0. The number of aromatic nitrogens is 1. The monoisotopic (exact) mass is 244 g/mol. The number of rotatable bonds is 3. The van der Waals surface area contributed by atoms with Crippen LogP contribution in [0.1, 0.15) is 24.8 Å². The molecule has 3 nitrogen and oxygen atoms in total. The SMILES string of the molecule is Oc1ccc2[nH]cc(CCN3CCCCC3)c2c1. The third-order valence-corrected chi connectivity index (χ3v) is 3.90. The van der Waals surface area contributed by atoms with E-state index in [4.69, 9.17) is 0 Å². The maximum Gasteiger partial charge on any atom is 0.116 e. The molecule has 0 spiro atoms. The first kappa shape index (κ1) is 11.6. The second-order valence-corrected chi connectivity index (χ2v) is 5.20. The topological polar surface area (TPSA) is 39.3 Å². The van der Waals surface area contributed by atoms with Gasteiger partial charge >= 0.3 is 0 Å². The number of H-pyrrole nitrogens is 1. The predicted octanol–water partition coefficient (Wildman–Crippen LogP) is 2.90. The van der Waals surface area contributed by atoms with Crippen LogP contribution in [-0.2, 0) is 6.42 Å².